The number of nitrogens with zero attached hydrogens (tertiary/aromatic N) is 1. The molecule has 0 aliphatic carbocycles. The molecule has 16 heavy (non-hydrogen) atoms. The maximum Gasteiger partial charge on any atom is 0.197 e. The SMILES string of the molecule is O=C(c1cccnc1)c1c(Cl)cccc1Cl. The molecule has 0 atom stereocenters. The van der Waals surface area contributed by atoms with Crippen LogP contribution >= 0.6 is 23.2 Å². The fourth-order valence-corrected chi connectivity index (χ4v) is 1.93. The first kappa shape index (κ1) is 11.1. The fraction of sp³-hybridized carbons (Fsp3) is 0. The van der Waals surface area contributed by atoms with Crippen LogP contribution in [0.2, 0.25) is 10.0 Å². The van der Waals surface area contributed by atoms with Crippen molar-refractivity contribution in [2.45, 2.75) is 0 Å². The van der Waals surface area contributed by atoms with Crippen molar-refractivity contribution in [1.82, 2.24) is 4.98 Å². The molecule has 0 amide bonds. The summed E-state index contributed by atoms with van der Waals surface area (Å²) in [4.78, 5) is 16.0. The van der Waals surface area contributed by atoms with Gasteiger partial charge in [-0.2, -0.15) is 0 Å². The molecular formula is C12H7Cl2NO. The van der Waals surface area contributed by atoms with Crippen molar-refractivity contribution < 1.29 is 4.79 Å². The molecule has 0 fully saturated rings. The lowest BCUT2D eigenvalue weighted by Crippen LogP contribution is -2.03. The van der Waals surface area contributed by atoms with Gasteiger partial charge in [-0.3, -0.25) is 9.78 Å². The van der Waals surface area contributed by atoms with Crippen LogP contribution < -0.4 is 0 Å². The molecule has 0 aliphatic rings. The lowest BCUT2D eigenvalue weighted by molar-refractivity contribution is 0.103. The predicted octanol–water partition coefficient (Wildman–Crippen LogP) is 3.62. The third-order valence-corrected chi connectivity index (χ3v) is 2.74. The molecule has 0 bridgehead atoms. The van der Waals surface area contributed by atoms with Gasteiger partial charge < -0.3 is 0 Å². The van der Waals surface area contributed by atoms with Gasteiger partial charge in [0.15, 0.2) is 5.78 Å². The molecule has 0 unspecified atom stereocenters. The Bertz CT molecular complexity index is 506. The Morgan fingerprint density at radius 1 is 1.06 bits per heavy atom. The Hall–Kier alpha value is -1.38. The number of halogens is 2. The second-order valence-corrected chi connectivity index (χ2v) is 3.98. The van der Waals surface area contributed by atoms with E-state index in [1.165, 1.54) is 6.20 Å². The molecule has 0 aliphatic heterocycles. The molecule has 1 heterocycles. The predicted molar refractivity (Wildman–Crippen MR) is 64.1 cm³/mol. The van der Waals surface area contributed by atoms with Crippen LogP contribution in [0, 0.1) is 0 Å². The number of aromatic nitrogens is 1. The van der Waals surface area contributed by atoms with E-state index in [9.17, 15) is 4.79 Å². The van der Waals surface area contributed by atoms with Crippen LogP contribution in [0.5, 0.6) is 0 Å². The molecule has 0 saturated heterocycles. The fourth-order valence-electron chi connectivity index (χ4n) is 1.36. The first-order valence-corrected chi connectivity index (χ1v) is 5.34. The third kappa shape index (κ3) is 2.08. The number of carbonyl (C=O) groups excluding carboxylic acids is 1. The molecule has 0 saturated carbocycles. The zero-order valence-corrected chi connectivity index (χ0v) is 9.66. The highest BCUT2D eigenvalue weighted by atomic mass is 35.5. The van der Waals surface area contributed by atoms with E-state index in [0.717, 1.165) is 0 Å². The largest absolute Gasteiger partial charge is 0.288 e. The summed E-state index contributed by atoms with van der Waals surface area (Å²) in [6, 6.07) is 8.34. The van der Waals surface area contributed by atoms with Crippen molar-refractivity contribution in [3.63, 3.8) is 0 Å². The van der Waals surface area contributed by atoms with Crippen LogP contribution in [0.3, 0.4) is 0 Å². The monoisotopic (exact) mass is 251 g/mol. The van der Waals surface area contributed by atoms with E-state index in [1.54, 1.807) is 36.5 Å². The summed E-state index contributed by atoms with van der Waals surface area (Å²) in [5.41, 5.74) is 0.788. The van der Waals surface area contributed by atoms with Crippen LogP contribution in [0.25, 0.3) is 0 Å². The number of hydrogen-bond donors (Lipinski definition) is 0. The maximum atomic E-state index is 12.1. The van der Waals surface area contributed by atoms with Crippen LogP contribution in [0.4, 0.5) is 0 Å². The lowest BCUT2D eigenvalue weighted by atomic mass is 10.1. The van der Waals surface area contributed by atoms with Gasteiger partial charge in [-0.25, -0.2) is 0 Å². The van der Waals surface area contributed by atoms with Crippen LogP contribution in [-0.2, 0) is 0 Å². The number of hydrogen-bond acceptors (Lipinski definition) is 2. The summed E-state index contributed by atoms with van der Waals surface area (Å²) in [7, 11) is 0. The van der Waals surface area contributed by atoms with Gasteiger partial charge in [0.25, 0.3) is 0 Å². The zero-order chi connectivity index (χ0) is 11.5. The summed E-state index contributed by atoms with van der Waals surface area (Å²) >= 11 is 11.9. The highest BCUT2D eigenvalue weighted by Gasteiger charge is 2.16. The van der Waals surface area contributed by atoms with E-state index in [-0.39, 0.29) is 5.78 Å². The Labute approximate surface area is 103 Å². The van der Waals surface area contributed by atoms with Crippen LogP contribution in [0.15, 0.2) is 42.7 Å². The van der Waals surface area contributed by atoms with Gasteiger partial charge >= 0.3 is 0 Å². The van der Waals surface area contributed by atoms with Gasteiger partial charge in [0, 0.05) is 18.0 Å². The minimum absolute atomic E-state index is 0.219. The van der Waals surface area contributed by atoms with E-state index in [2.05, 4.69) is 4.98 Å². The Kier molecular flexibility index (Phi) is 3.22. The summed E-state index contributed by atoms with van der Waals surface area (Å²) in [6.07, 6.45) is 3.09. The number of benzene rings is 1. The molecule has 4 heteroatoms. The molecule has 0 radical (unpaired) electrons. The first-order chi connectivity index (χ1) is 7.70. The van der Waals surface area contributed by atoms with E-state index >= 15 is 0 Å². The van der Waals surface area contributed by atoms with Crippen molar-refractivity contribution in [2.75, 3.05) is 0 Å². The quantitative estimate of drug-likeness (QED) is 0.764. The summed E-state index contributed by atoms with van der Waals surface area (Å²) in [5.74, 6) is -0.219. The summed E-state index contributed by atoms with van der Waals surface area (Å²) in [5, 5.41) is 0.697. The zero-order valence-electron chi connectivity index (χ0n) is 8.15. The molecule has 80 valence electrons. The number of carbonyl (C=O) groups is 1. The standard InChI is InChI=1S/C12H7Cl2NO/c13-9-4-1-5-10(14)11(9)12(16)8-3-2-6-15-7-8/h1-7H. The summed E-state index contributed by atoms with van der Waals surface area (Å²) < 4.78 is 0. The molecule has 2 nitrogen and oxygen atoms in total. The van der Waals surface area contributed by atoms with Crippen LogP contribution in [-0.4, -0.2) is 10.8 Å². The molecule has 1 aromatic carbocycles. The second kappa shape index (κ2) is 4.64. The van der Waals surface area contributed by atoms with Crippen molar-refractivity contribution in [1.29, 1.82) is 0 Å². The molecule has 0 N–H and O–H groups in total. The number of rotatable bonds is 2. The first-order valence-electron chi connectivity index (χ1n) is 4.59. The summed E-state index contributed by atoms with van der Waals surface area (Å²) in [6.45, 7) is 0. The Morgan fingerprint density at radius 3 is 2.31 bits per heavy atom. The normalized spacial score (nSPS) is 10.1. The minimum Gasteiger partial charge on any atom is -0.288 e. The van der Waals surface area contributed by atoms with E-state index in [4.69, 9.17) is 23.2 Å². The van der Waals surface area contributed by atoms with Gasteiger partial charge in [0.1, 0.15) is 0 Å². The van der Waals surface area contributed by atoms with Gasteiger partial charge in [0.05, 0.1) is 15.6 Å². The molecule has 0 spiro atoms. The van der Waals surface area contributed by atoms with Crippen molar-refractivity contribution in [3.05, 3.63) is 63.9 Å². The lowest BCUT2D eigenvalue weighted by Gasteiger charge is -2.05. The van der Waals surface area contributed by atoms with Gasteiger partial charge in [0.2, 0.25) is 0 Å². The van der Waals surface area contributed by atoms with Crippen molar-refractivity contribution in [3.8, 4) is 0 Å². The molecule has 2 aromatic rings. The maximum absolute atomic E-state index is 12.1. The highest BCUT2D eigenvalue weighted by Crippen LogP contribution is 2.26. The van der Waals surface area contributed by atoms with Crippen molar-refractivity contribution >= 4 is 29.0 Å². The van der Waals surface area contributed by atoms with E-state index in [0.29, 0.717) is 21.2 Å². The van der Waals surface area contributed by atoms with Gasteiger partial charge in [-0.1, -0.05) is 29.3 Å². The van der Waals surface area contributed by atoms with Crippen molar-refractivity contribution in [2.24, 2.45) is 0 Å². The molecule has 1 aromatic heterocycles. The van der Waals surface area contributed by atoms with Crippen LogP contribution in [0.1, 0.15) is 15.9 Å². The highest BCUT2D eigenvalue weighted by molar-refractivity contribution is 6.40. The molecular weight excluding hydrogens is 245 g/mol. The average Bonchev–Trinajstić information content (AvgIpc) is 2.30. The minimum atomic E-state index is -0.219. The topological polar surface area (TPSA) is 30.0 Å². The van der Waals surface area contributed by atoms with E-state index in [1.807, 2.05) is 0 Å². The van der Waals surface area contributed by atoms with E-state index < -0.39 is 0 Å². The Morgan fingerprint density at radius 2 is 1.75 bits per heavy atom. The smallest absolute Gasteiger partial charge is 0.197 e. The van der Waals surface area contributed by atoms with Gasteiger partial charge in [-0.15, -0.1) is 0 Å². The number of ketones is 1. The number of pyridine rings is 1. The van der Waals surface area contributed by atoms with Gasteiger partial charge in [-0.05, 0) is 24.3 Å². The third-order valence-electron chi connectivity index (χ3n) is 2.11. The second-order valence-electron chi connectivity index (χ2n) is 3.17. The Balaban J connectivity index is 2.50. The average molecular weight is 252 g/mol. The molecule has 2 rings (SSSR count).